The second kappa shape index (κ2) is 7.30. The molecule has 1 atom stereocenters. The van der Waals surface area contributed by atoms with Crippen molar-refractivity contribution in [2.75, 3.05) is 0 Å². The Morgan fingerprint density at radius 3 is 1.89 bits per heavy atom. The van der Waals surface area contributed by atoms with Crippen LogP contribution in [-0.4, -0.2) is 0 Å². The van der Waals surface area contributed by atoms with Gasteiger partial charge in [0.1, 0.15) is 0 Å². The fourth-order valence-electron chi connectivity index (χ4n) is 4.03. The molecule has 0 saturated carbocycles. The van der Waals surface area contributed by atoms with Gasteiger partial charge in [0.25, 0.3) is 0 Å². The van der Waals surface area contributed by atoms with Crippen LogP contribution in [-0.2, 0) is 10.8 Å². The normalized spacial score (nSPS) is 13.6. The zero-order valence-corrected chi connectivity index (χ0v) is 19.2. The van der Waals surface area contributed by atoms with E-state index in [2.05, 4.69) is 106 Å². The predicted molar refractivity (Wildman–Crippen MR) is 121 cm³/mol. The number of rotatable bonds is 3. The van der Waals surface area contributed by atoms with Gasteiger partial charge in [-0.1, -0.05) is 84.0 Å². The van der Waals surface area contributed by atoms with Gasteiger partial charge in [-0.25, -0.2) is 0 Å². The Bertz CT molecular complexity index is 851. The third kappa shape index (κ3) is 4.37. The van der Waals surface area contributed by atoms with Gasteiger partial charge < -0.3 is 0 Å². The maximum atomic E-state index is 4.40. The smallest absolute Gasteiger partial charge is 0.0299 e. The van der Waals surface area contributed by atoms with Gasteiger partial charge in [0, 0.05) is 5.92 Å². The van der Waals surface area contributed by atoms with Crippen LogP contribution in [0.3, 0.4) is 0 Å². The number of hydrogen-bond donors (Lipinski definition) is 0. The number of aryl methyl sites for hydroxylation is 1. The van der Waals surface area contributed by atoms with E-state index in [9.17, 15) is 0 Å². The first-order chi connectivity index (χ1) is 12.2. The first-order valence-corrected chi connectivity index (χ1v) is 10.1. The molecule has 0 spiro atoms. The zero-order valence-electron chi connectivity index (χ0n) is 19.2. The Morgan fingerprint density at radius 2 is 1.41 bits per heavy atom. The summed E-state index contributed by atoms with van der Waals surface area (Å²) in [4.78, 5) is 0. The van der Waals surface area contributed by atoms with Crippen LogP contribution in [0.25, 0.3) is 0 Å². The standard InChI is InChI=1S/C27H38/c1-17(2)25(22-14-12-13-18(3)19(22)4)23-15-21(26(6,7)8)16-24(20(23)5)27(9,10)11/h12-16,25H,1H2,2-11H3. The van der Waals surface area contributed by atoms with E-state index in [0.717, 1.165) is 0 Å². The molecule has 1 unspecified atom stereocenters. The van der Waals surface area contributed by atoms with Crippen LogP contribution in [0.4, 0.5) is 0 Å². The molecule has 0 N–H and O–H groups in total. The van der Waals surface area contributed by atoms with Crippen molar-refractivity contribution in [3.05, 3.63) is 81.4 Å². The van der Waals surface area contributed by atoms with Crippen molar-refractivity contribution in [3.63, 3.8) is 0 Å². The summed E-state index contributed by atoms with van der Waals surface area (Å²) in [6.45, 7) is 27.2. The molecular weight excluding hydrogens is 324 g/mol. The molecule has 2 aromatic carbocycles. The molecule has 0 bridgehead atoms. The van der Waals surface area contributed by atoms with Gasteiger partial charge in [-0.15, -0.1) is 0 Å². The van der Waals surface area contributed by atoms with Crippen molar-refractivity contribution in [1.29, 1.82) is 0 Å². The van der Waals surface area contributed by atoms with Crippen LogP contribution in [0.15, 0.2) is 42.5 Å². The van der Waals surface area contributed by atoms with E-state index in [0.29, 0.717) is 0 Å². The third-order valence-corrected chi connectivity index (χ3v) is 5.88. The topological polar surface area (TPSA) is 0 Å². The summed E-state index contributed by atoms with van der Waals surface area (Å²) in [5.74, 6) is 0.230. The van der Waals surface area contributed by atoms with Crippen molar-refractivity contribution in [1.82, 2.24) is 0 Å². The minimum atomic E-state index is 0.112. The molecule has 0 aliphatic heterocycles. The van der Waals surface area contributed by atoms with Crippen molar-refractivity contribution in [3.8, 4) is 0 Å². The van der Waals surface area contributed by atoms with Crippen LogP contribution in [0, 0.1) is 20.8 Å². The largest absolute Gasteiger partial charge is 0.0992 e. The van der Waals surface area contributed by atoms with Crippen molar-refractivity contribution in [2.24, 2.45) is 0 Å². The minimum Gasteiger partial charge on any atom is -0.0992 e. The summed E-state index contributed by atoms with van der Waals surface area (Å²) in [6, 6.07) is 11.5. The Morgan fingerprint density at radius 1 is 0.815 bits per heavy atom. The Kier molecular flexibility index (Phi) is 5.81. The number of allylic oxidation sites excluding steroid dienone is 1. The van der Waals surface area contributed by atoms with E-state index in [1.165, 1.54) is 44.5 Å². The van der Waals surface area contributed by atoms with Crippen LogP contribution < -0.4 is 0 Å². The third-order valence-electron chi connectivity index (χ3n) is 5.88. The van der Waals surface area contributed by atoms with Crippen molar-refractivity contribution >= 4 is 0 Å². The highest BCUT2D eigenvalue weighted by Gasteiger charge is 2.27. The summed E-state index contributed by atoms with van der Waals surface area (Å²) >= 11 is 0. The lowest BCUT2D eigenvalue weighted by Crippen LogP contribution is -2.20. The van der Waals surface area contributed by atoms with E-state index in [1.807, 2.05) is 0 Å². The summed E-state index contributed by atoms with van der Waals surface area (Å²) < 4.78 is 0. The van der Waals surface area contributed by atoms with E-state index < -0.39 is 0 Å². The lowest BCUT2D eigenvalue weighted by Gasteiger charge is -2.32. The first kappa shape index (κ1) is 21.5. The molecule has 0 aromatic heterocycles. The van der Waals surface area contributed by atoms with E-state index >= 15 is 0 Å². The van der Waals surface area contributed by atoms with Gasteiger partial charge in [0.15, 0.2) is 0 Å². The second-order valence-corrected chi connectivity index (χ2v) is 10.3. The molecule has 0 saturated heterocycles. The molecule has 0 aliphatic carbocycles. The fraction of sp³-hybridized carbons (Fsp3) is 0.481. The Labute approximate surface area is 167 Å². The first-order valence-electron chi connectivity index (χ1n) is 10.1. The predicted octanol–water partition coefficient (Wildman–Crippen LogP) is 7.91. The van der Waals surface area contributed by atoms with Gasteiger partial charge >= 0.3 is 0 Å². The zero-order chi connectivity index (χ0) is 20.7. The molecule has 0 heterocycles. The highest BCUT2D eigenvalue weighted by molar-refractivity contribution is 5.53. The maximum Gasteiger partial charge on any atom is 0.0299 e. The second-order valence-electron chi connectivity index (χ2n) is 10.3. The molecular formula is C27H38. The Balaban J connectivity index is 2.88. The summed E-state index contributed by atoms with van der Waals surface area (Å²) in [6.07, 6.45) is 0. The highest BCUT2D eigenvalue weighted by atomic mass is 14.3. The molecule has 2 aromatic rings. The molecule has 0 amide bonds. The van der Waals surface area contributed by atoms with E-state index in [4.69, 9.17) is 0 Å². The lowest BCUT2D eigenvalue weighted by molar-refractivity contribution is 0.563. The highest BCUT2D eigenvalue weighted by Crippen LogP contribution is 2.41. The number of benzene rings is 2. The lowest BCUT2D eigenvalue weighted by atomic mass is 9.73. The fourth-order valence-corrected chi connectivity index (χ4v) is 4.03. The summed E-state index contributed by atoms with van der Waals surface area (Å²) in [7, 11) is 0. The molecule has 0 fully saturated rings. The average Bonchev–Trinajstić information content (AvgIpc) is 2.50. The minimum absolute atomic E-state index is 0.112. The maximum absolute atomic E-state index is 4.40. The number of hydrogen-bond acceptors (Lipinski definition) is 0. The van der Waals surface area contributed by atoms with Gasteiger partial charge in [0.2, 0.25) is 0 Å². The van der Waals surface area contributed by atoms with E-state index in [1.54, 1.807) is 0 Å². The average molecular weight is 363 g/mol. The van der Waals surface area contributed by atoms with E-state index in [-0.39, 0.29) is 16.7 Å². The van der Waals surface area contributed by atoms with Crippen LogP contribution in [0.5, 0.6) is 0 Å². The van der Waals surface area contributed by atoms with Crippen LogP contribution in [0.1, 0.15) is 93.3 Å². The molecule has 146 valence electrons. The quantitative estimate of drug-likeness (QED) is 0.486. The van der Waals surface area contributed by atoms with Crippen LogP contribution in [0.2, 0.25) is 0 Å². The molecule has 0 aliphatic rings. The van der Waals surface area contributed by atoms with Gasteiger partial charge in [-0.3, -0.25) is 0 Å². The van der Waals surface area contributed by atoms with Crippen LogP contribution >= 0.6 is 0 Å². The monoisotopic (exact) mass is 362 g/mol. The molecule has 27 heavy (non-hydrogen) atoms. The van der Waals surface area contributed by atoms with Gasteiger partial charge in [0.05, 0.1) is 0 Å². The summed E-state index contributed by atoms with van der Waals surface area (Å²) in [5.41, 5.74) is 11.2. The summed E-state index contributed by atoms with van der Waals surface area (Å²) in [5, 5.41) is 0. The molecule has 0 radical (unpaired) electrons. The van der Waals surface area contributed by atoms with Crippen molar-refractivity contribution < 1.29 is 0 Å². The van der Waals surface area contributed by atoms with Crippen molar-refractivity contribution in [2.45, 2.75) is 86.0 Å². The molecule has 0 heteroatoms. The molecule has 2 rings (SSSR count). The SMILES string of the molecule is C=C(C)C(c1cccc(C)c1C)c1cc(C(C)(C)C)cc(C(C)(C)C)c1C. The Hall–Kier alpha value is -1.82. The van der Waals surface area contributed by atoms with Gasteiger partial charge in [-0.05, 0) is 77.5 Å². The van der Waals surface area contributed by atoms with Gasteiger partial charge in [-0.2, -0.15) is 0 Å². The molecule has 0 nitrogen and oxygen atoms in total.